The number of H-pyrrole nitrogens is 1. The Morgan fingerprint density at radius 2 is 1.86 bits per heavy atom. The molecule has 2 aromatic heterocycles. The average Bonchev–Trinajstić information content (AvgIpc) is 3.08. The molecule has 0 saturated carbocycles. The largest absolute Gasteiger partial charge is 0.477 e. The summed E-state index contributed by atoms with van der Waals surface area (Å²) in [7, 11) is 0. The van der Waals surface area contributed by atoms with Crippen LogP contribution in [0, 0.1) is 6.92 Å². The molecule has 0 spiro atoms. The molecule has 0 bridgehead atoms. The second-order valence-electron chi connectivity index (χ2n) is 9.46. The third kappa shape index (κ3) is 7.86. The molecule has 1 aliphatic rings. The SMILES string of the molecule is Cc1[nH]c(C(=O)NC2CCN(c3cc(C(=O)O)nc(OCCNC(=O)OC(C)(C)C)n3)CC2)c(Cl)c1Cl. The Balaban J connectivity index is 1.57. The number of carbonyl (C=O) groups excluding carboxylic acids is 2. The molecule has 4 N–H and O–H groups in total. The zero-order valence-corrected chi connectivity index (χ0v) is 22.5. The molecule has 0 unspecified atom stereocenters. The zero-order valence-electron chi connectivity index (χ0n) is 21.0. The zero-order chi connectivity index (χ0) is 27.3. The summed E-state index contributed by atoms with van der Waals surface area (Å²) in [5, 5.41) is 15.5. The van der Waals surface area contributed by atoms with Crippen LogP contribution in [0.5, 0.6) is 6.01 Å². The molecule has 1 fully saturated rings. The predicted octanol–water partition coefficient (Wildman–Crippen LogP) is 3.42. The fraction of sp³-hybridized carbons (Fsp3) is 0.522. The van der Waals surface area contributed by atoms with Crippen LogP contribution in [0.1, 0.15) is 60.3 Å². The monoisotopic (exact) mass is 556 g/mol. The number of piperidine rings is 1. The standard InChI is InChI=1S/C23H30Cl2N6O6/c1-12-16(24)17(25)18(27-12)19(32)28-13-5-8-31(9-6-13)15-11-14(20(33)34)29-21(30-15)36-10-7-26-22(35)37-23(2,3)4/h11,13,27H,5-10H2,1-4H3,(H,26,35)(H,28,32)(H,33,34). The molecular weight excluding hydrogens is 527 g/mol. The van der Waals surface area contributed by atoms with Gasteiger partial charge in [-0.05, 0) is 40.5 Å². The number of rotatable bonds is 8. The van der Waals surface area contributed by atoms with Crippen molar-refractivity contribution in [2.24, 2.45) is 0 Å². The summed E-state index contributed by atoms with van der Waals surface area (Å²) in [4.78, 5) is 49.0. The number of halogens is 2. The van der Waals surface area contributed by atoms with E-state index in [9.17, 15) is 19.5 Å². The number of aromatic nitrogens is 3. The fourth-order valence-electron chi connectivity index (χ4n) is 3.60. The van der Waals surface area contributed by atoms with Gasteiger partial charge in [0, 0.05) is 30.9 Å². The summed E-state index contributed by atoms with van der Waals surface area (Å²) < 4.78 is 10.6. The topological polar surface area (TPSA) is 159 Å². The van der Waals surface area contributed by atoms with Gasteiger partial charge in [0.15, 0.2) is 5.69 Å². The average molecular weight is 557 g/mol. The van der Waals surface area contributed by atoms with Crippen LogP contribution in [0.3, 0.4) is 0 Å². The van der Waals surface area contributed by atoms with Gasteiger partial charge < -0.3 is 35.1 Å². The number of aromatic amines is 1. The molecule has 0 radical (unpaired) electrons. The molecule has 1 saturated heterocycles. The summed E-state index contributed by atoms with van der Waals surface area (Å²) >= 11 is 12.2. The number of hydrogen-bond acceptors (Lipinski definition) is 8. The summed E-state index contributed by atoms with van der Waals surface area (Å²) in [6.45, 7) is 8.14. The van der Waals surface area contributed by atoms with E-state index in [-0.39, 0.29) is 47.5 Å². The molecule has 0 aromatic carbocycles. The number of aromatic carboxylic acids is 1. The Hall–Kier alpha value is -3.25. The van der Waals surface area contributed by atoms with E-state index in [2.05, 4.69) is 25.6 Å². The molecule has 0 atom stereocenters. The Bertz CT molecular complexity index is 1160. The Morgan fingerprint density at radius 3 is 2.43 bits per heavy atom. The van der Waals surface area contributed by atoms with Crippen molar-refractivity contribution in [2.75, 3.05) is 31.1 Å². The Labute approximate surface area is 224 Å². The highest BCUT2D eigenvalue weighted by Crippen LogP contribution is 2.29. The van der Waals surface area contributed by atoms with Crippen LogP contribution in [0.4, 0.5) is 10.6 Å². The number of ether oxygens (including phenoxy) is 2. The quantitative estimate of drug-likeness (QED) is 0.357. The van der Waals surface area contributed by atoms with Crippen molar-refractivity contribution in [3.05, 3.63) is 33.2 Å². The van der Waals surface area contributed by atoms with Crippen molar-refractivity contribution >= 4 is 47.0 Å². The van der Waals surface area contributed by atoms with E-state index in [1.54, 1.807) is 27.7 Å². The van der Waals surface area contributed by atoms with Crippen LogP contribution in [-0.4, -0.2) is 75.9 Å². The van der Waals surface area contributed by atoms with E-state index in [4.69, 9.17) is 32.7 Å². The lowest BCUT2D eigenvalue weighted by Gasteiger charge is -2.33. The molecule has 3 heterocycles. The summed E-state index contributed by atoms with van der Waals surface area (Å²) in [6.07, 6.45) is 0.599. The highest BCUT2D eigenvalue weighted by atomic mass is 35.5. The first-order chi connectivity index (χ1) is 17.3. The van der Waals surface area contributed by atoms with E-state index in [0.717, 1.165) is 0 Å². The van der Waals surface area contributed by atoms with Gasteiger partial charge in [0.25, 0.3) is 5.91 Å². The van der Waals surface area contributed by atoms with Gasteiger partial charge in [-0.2, -0.15) is 9.97 Å². The number of carboxylic acid groups (broad SMARTS) is 1. The predicted molar refractivity (Wildman–Crippen MR) is 137 cm³/mol. The van der Waals surface area contributed by atoms with Crippen LogP contribution in [0.2, 0.25) is 10.0 Å². The number of nitrogens with one attached hydrogen (secondary N) is 3. The first kappa shape index (κ1) is 28.3. The Kier molecular flexibility index (Phi) is 9.08. The molecule has 2 aromatic rings. The normalized spacial score (nSPS) is 14.3. The smallest absolute Gasteiger partial charge is 0.407 e. The molecule has 12 nitrogen and oxygen atoms in total. The van der Waals surface area contributed by atoms with Crippen molar-refractivity contribution in [2.45, 2.75) is 52.2 Å². The molecule has 37 heavy (non-hydrogen) atoms. The molecular formula is C23H30Cl2N6O6. The van der Waals surface area contributed by atoms with Crippen LogP contribution in [-0.2, 0) is 4.74 Å². The van der Waals surface area contributed by atoms with Gasteiger partial charge in [-0.25, -0.2) is 9.59 Å². The van der Waals surface area contributed by atoms with Gasteiger partial charge in [-0.1, -0.05) is 23.2 Å². The number of aryl methyl sites for hydroxylation is 1. The lowest BCUT2D eigenvalue weighted by molar-refractivity contribution is 0.0519. The molecule has 202 valence electrons. The van der Waals surface area contributed by atoms with Crippen molar-refractivity contribution in [1.82, 2.24) is 25.6 Å². The number of carboxylic acids is 1. The number of hydrogen-bond donors (Lipinski definition) is 4. The second-order valence-corrected chi connectivity index (χ2v) is 10.2. The van der Waals surface area contributed by atoms with Crippen molar-refractivity contribution in [1.29, 1.82) is 0 Å². The minimum atomic E-state index is -1.22. The lowest BCUT2D eigenvalue weighted by Crippen LogP contribution is -2.45. The molecule has 2 amide bonds. The number of nitrogens with zero attached hydrogens (tertiary/aromatic N) is 3. The summed E-state index contributed by atoms with van der Waals surface area (Å²) in [6, 6.07) is 1.14. The third-order valence-electron chi connectivity index (χ3n) is 5.35. The van der Waals surface area contributed by atoms with Gasteiger partial charge in [-0.3, -0.25) is 4.79 Å². The number of amides is 2. The van der Waals surface area contributed by atoms with Crippen molar-refractivity contribution < 1.29 is 29.0 Å². The maximum atomic E-state index is 12.6. The first-order valence-corrected chi connectivity index (χ1v) is 12.4. The number of carbonyl (C=O) groups is 3. The van der Waals surface area contributed by atoms with E-state index in [1.165, 1.54) is 6.07 Å². The maximum absolute atomic E-state index is 12.6. The second kappa shape index (κ2) is 11.9. The van der Waals surface area contributed by atoms with Gasteiger partial charge in [0.2, 0.25) is 0 Å². The fourth-order valence-corrected chi connectivity index (χ4v) is 4.01. The maximum Gasteiger partial charge on any atom is 0.407 e. The highest BCUT2D eigenvalue weighted by Gasteiger charge is 2.26. The number of alkyl carbamates (subject to hydrolysis) is 1. The van der Waals surface area contributed by atoms with Crippen LogP contribution in [0.25, 0.3) is 0 Å². The first-order valence-electron chi connectivity index (χ1n) is 11.7. The summed E-state index contributed by atoms with van der Waals surface area (Å²) in [5.41, 5.74) is -0.0135. The molecule has 14 heteroatoms. The van der Waals surface area contributed by atoms with Crippen LogP contribution < -0.4 is 20.3 Å². The lowest BCUT2D eigenvalue weighted by atomic mass is 10.0. The minimum absolute atomic E-state index is 0.0145. The van der Waals surface area contributed by atoms with Crippen LogP contribution in [0.15, 0.2) is 6.07 Å². The van der Waals surface area contributed by atoms with E-state index in [1.807, 2.05) is 4.90 Å². The van der Waals surface area contributed by atoms with Gasteiger partial charge >= 0.3 is 18.1 Å². The number of anilines is 1. The molecule has 3 rings (SSSR count). The van der Waals surface area contributed by atoms with Gasteiger partial charge in [-0.15, -0.1) is 0 Å². The van der Waals surface area contributed by atoms with Gasteiger partial charge in [0.05, 0.1) is 16.6 Å². The van der Waals surface area contributed by atoms with Crippen molar-refractivity contribution in [3.8, 4) is 6.01 Å². The van der Waals surface area contributed by atoms with Crippen molar-refractivity contribution in [3.63, 3.8) is 0 Å². The summed E-state index contributed by atoms with van der Waals surface area (Å²) in [5.74, 6) is -1.18. The molecule has 1 aliphatic heterocycles. The minimum Gasteiger partial charge on any atom is -0.477 e. The van der Waals surface area contributed by atoms with Crippen LogP contribution >= 0.6 is 23.2 Å². The van der Waals surface area contributed by atoms with E-state index < -0.39 is 17.7 Å². The highest BCUT2D eigenvalue weighted by molar-refractivity contribution is 6.44. The third-order valence-corrected chi connectivity index (χ3v) is 6.29. The van der Waals surface area contributed by atoms with Gasteiger partial charge in [0.1, 0.15) is 23.7 Å². The Morgan fingerprint density at radius 1 is 1.19 bits per heavy atom. The van der Waals surface area contributed by atoms with E-state index in [0.29, 0.717) is 42.5 Å². The molecule has 0 aliphatic carbocycles. The van der Waals surface area contributed by atoms with E-state index >= 15 is 0 Å².